The first-order valence-electron chi connectivity index (χ1n) is 16.0. The Hall–Kier alpha value is -6.26. The van der Waals surface area contributed by atoms with Crippen molar-refractivity contribution >= 4 is 28.6 Å². The van der Waals surface area contributed by atoms with E-state index in [1.54, 1.807) is 0 Å². The molecule has 1 atom stereocenters. The minimum absolute atomic E-state index is 0.165. The van der Waals surface area contributed by atoms with Gasteiger partial charge in [0.2, 0.25) is 0 Å². The molecule has 1 unspecified atom stereocenters. The second kappa shape index (κ2) is 11.3. The molecule has 9 rings (SSSR count). The van der Waals surface area contributed by atoms with E-state index in [9.17, 15) is 0 Å². The van der Waals surface area contributed by atoms with Crippen LogP contribution in [0, 0.1) is 0 Å². The lowest BCUT2D eigenvalue weighted by molar-refractivity contribution is 0.917. The van der Waals surface area contributed by atoms with Crippen LogP contribution < -0.4 is 10.2 Å². The summed E-state index contributed by atoms with van der Waals surface area (Å²) in [5.74, 6) is 0.883. The molecule has 222 valence electrons. The highest BCUT2D eigenvalue weighted by Gasteiger charge is 2.39. The number of aliphatic imine (C=N–C) groups is 1. The molecule has 7 aromatic rings. The van der Waals surface area contributed by atoms with Crippen LogP contribution in [0.5, 0.6) is 0 Å². The Morgan fingerprint density at radius 3 is 1.89 bits per heavy atom. The van der Waals surface area contributed by atoms with Crippen LogP contribution in [0.15, 0.2) is 175 Å². The molecule has 3 heterocycles. The van der Waals surface area contributed by atoms with Crippen LogP contribution in [0.3, 0.4) is 0 Å². The van der Waals surface area contributed by atoms with E-state index in [0.717, 1.165) is 56.5 Å². The highest BCUT2D eigenvalue weighted by atomic mass is 15.3. The zero-order chi connectivity index (χ0) is 31.2. The van der Waals surface area contributed by atoms with Crippen LogP contribution in [-0.4, -0.2) is 16.9 Å². The Balaban J connectivity index is 1.09. The van der Waals surface area contributed by atoms with Crippen molar-refractivity contribution in [1.82, 2.24) is 4.98 Å². The largest absolute Gasteiger partial charge is 0.358 e. The van der Waals surface area contributed by atoms with Gasteiger partial charge in [0.25, 0.3) is 0 Å². The van der Waals surface area contributed by atoms with E-state index < -0.39 is 0 Å². The number of anilines is 3. The molecule has 1 N–H and O–H groups in total. The van der Waals surface area contributed by atoms with Gasteiger partial charge in [-0.1, -0.05) is 133 Å². The predicted molar refractivity (Wildman–Crippen MR) is 195 cm³/mol. The molecule has 0 radical (unpaired) electrons. The smallest absolute Gasteiger partial charge is 0.149 e. The molecule has 6 aromatic carbocycles. The summed E-state index contributed by atoms with van der Waals surface area (Å²) in [4.78, 5) is 12.7. The number of aromatic nitrogens is 1. The average molecular weight is 603 g/mol. The Morgan fingerprint density at radius 2 is 1.09 bits per heavy atom. The topological polar surface area (TPSA) is 40.5 Å². The Morgan fingerprint density at radius 1 is 0.468 bits per heavy atom. The molecule has 0 amide bonds. The molecule has 0 aliphatic carbocycles. The fourth-order valence-corrected chi connectivity index (χ4v) is 6.82. The van der Waals surface area contributed by atoms with Crippen LogP contribution in [0.4, 0.5) is 22.9 Å². The summed E-state index contributed by atoms with van der Waals surface area (Å²) in [5, 5.41) is 3.81. The van der Waals surface area contributed by atoms with Gasteiger partial charge in [0.05, 0.1) is 28.5 Å². The number of pyridine rings is 1. The number of nitrogens with zero attached hydrogens (tertiary/aromatic N) is 3. The molecular formula is C43H30N4. The van der Waals surface area contributed by atoms with Gasteiger partial charge >= 0.3 is 0 Å². The Bertz CT molecular complexity index is 2290. The summed E-state index contributed by atoms with van der Waals surface area (Å²) in [6, 6.07) is 59.6. The van der Waals surface area contributed by atoms with Gasteiger partial charge in [0.15, 0.2) is 0 Å². The van der Waals surface area contributed by atoms with Crippen molar-refractivity contribution in [3.8, 4) is 44.6 Å². The fraction of sp³-hybridized carbons (Fsp3) is 0.0233. The van der Waals surface area contributed by atoms with Gasteiger partial charge in [0, 0.05) is 11.1 Å². The van der Waals surface area contributed by atoms with E-state index in [-0.39, 0.29) is 6.17 Å². The average Bonchev–Trinajstić information content (AvgIpc) is 3.47. The molecule has 4 heteroatoms. The van der Waals surface area contributed by atoms with E-state index in [0.29, 0.717) is 0 Å². The van der Waals surface area contributed by atoms with Crippen molar-refractivity contribution < 1.29 is 0 Å². The molecule has 2 aliphatic heterocycles. The van der Waals surface area contributed by atoms with Gasteiger partial charge in [-0.25, -0.2) is 9.98 Å². The molecular weight excluding hydrogens is 573 g/mol. The van der Waals surface area contributed by atoms with Crippen LogP contribution in [0.2, 0.25) is 0 Å². The number of rotatable bonds is 5. The SMILES string of the molecule is c1ccc(-c2cccc(N3c4ccccc4C4=Nc5cc(-c6cccc(-c7ccccc7-c7ccccc7)c6)ccc5NC43)n2)cc1. The number of para-hydroxylation sites is 1. The first-order valence-corrected chi connectivity index (χ1v) is 16.0. The summed E-state index contributed by atoms with van der Waals surface area (Å²) in [5.41, 5.74) is 14.3. The minimum atomic E-state index is -0.165. The van der Waals surface area contributed by atoms with Crippen LogP contribution in [0.25, 0.3) is 44.6 Å². The van der Waals surface area contributed by atoms with Crippen molar-refractivity contribution in [2.24, 2.45) is 4.99 Å². The van der Waals surface area contributed by atoms with E-state index in [1.165, 1.54) is 22.3 Å². The van der Waals surface area contributed by atoms with Crippen molar-refractivity contribution in [2.75, 3.05) is 10.2 Å². The fourth-order valence-electron chi connectivity index (χ4n) is 6.82. The van der Waals surface area contributed by atoms with E-state index in [1.807, 2.05) is 18.2 Å². The third-order valence-electron chi connectivity index (χ3n) is 9.06. The summed E-state index contributed by atoms with van der Waals surface area (Å²) in [6.45, 7) is 0. The molecule has 0 saturated carbocycles. The normalized spacial score (nSPS) is 14.4. The standard InChI is InChI=1S/C43H30N4/c1-3-13-29(14-4-1)34-19-7-8-20-35(34)33-18-11-17-31(27-33)32-25-26-38-39(28-32)45-42-36-21-9-10-23-40(36)47(43(42)46-38)41-24-12-22-37(44-41)30-15-5-2-6-16-30/h1-28,43,46H. The maximum absolute atomic E-state index is 5.31. The first kappa shape index (κ1) is 27.1. The zero-order valence-electron chi connectivity index (χ0n) is 25.6. The van der Waals surface area contributed by atoms with E-state index in [4.69, 9.17) is 9.98 Å². The number of benzene rings is 6. The molecule has 0 fully saturated rings. The molecule has 0 spiro atoms. The van der Waals surface area contributed by atoms with Crippen molar-refractivity contribution in [2.45, 2.75) is 6.17 Å². The second-order valence-corrected chi connectivity index (χ2v) is 11.9. The summed E-state index contributed by atoms with van der Waals surface area (Å²) in [6.07, 6.45) is -0.165. The van der Waals surface area contributed by atoms with Gasteiger partial charge in [-0.2, -0.15) is 0 Å². The maximum Gasteiger partial charge on any atom is 0.149 e. The number of hydrogen-bond donors (Lipinski definition) is 1. The molecule has 4 nitrogen and oxygen atoms in total. The lowest BCUT2D eigenvalue weighted by atomic mass is 9.92. The van der Waals surface area contributed by atoms with Gasteiger partial charge < -0.3 is 5.32 Å². The summed E-state index contributed by atoms with van der Waals surface area (Å²) >= 11 is 0. The van der Waals surface area contributed by atoms with Gasteiger partial charge in [-0.3, -0.25) is 4.90 Å². The lowest BCUT2D eigenvalue weighted by Crippen LogP contribution is -2.40. The third-order valence-corrected chi connectivity index (χ3v) is 9.06. The van der Waals surface area contributed by atoms with Gasteiger partial charge in [-0.15, -0.1) is 0 Å². The highest BCUT2D eigenvalue weighted by molar-refractivity contribution is 6.19. The monoisotopic (exact) mass is 602 g/mol. The van der Waals surface area contributed by atoms with E-state index in [2.05, 4.69) is 162 Å². The number of hydrogen-bond acceptors (Lipinski definition) is 4. The summed E-state index contributed by atoms with van der Waals surface area (Å²) < 4.78 is 0. The number of fused-ring (bicyclic) bond motifs is 4. The van der Waals surface area contributed by atoms with Gasteiger partial charge in [0.1, 0.15) is 12.0 Å². The molecule has 2 aliphatic rings. The minimum Gasteiger partial charge on any atom is -0.358 e. The van der Waals surface area contributed by atoms with Crippen molar-refractivity contribution in [3.63, 3.8) is 0 Å². The van der Waals surface area contributed by atoms with Crippen molar-refractivity contribution in [1.29, 1.82) is 0 Å². The third kappa shape index (κ3) is 4.79. The zero-order valence-corrected chi connectivity index (χ0v) is 25.6. The Kier molecular flexibility index (Phi) is 6.50. The summed E-state index contributed by atoms with van der Waals surface area (Å²) in [7, 11) is 0. The maximum atomic E-state index is 5.31. The quantitative estimate of drug-likeness (QED) is 0.213. The number of nitrogens with one attached hydrogen (secondary N) is 1. The second-order valence-electron chi connectivity index (χ2n) is 11.9. The van der Waals surface area contributed by atoms with Crippen molar-refractivity contribution in [3.05, 3.63) is 175 Å². The van der Waals surface area contributed by atoms with Crippen LogP contribution in [-0.2, 0) is 0 Å². The molecule has 47 heavy (non-hydrogen) atoms. The molecule has 0 saturated heterocycles. The Labute approximate surface area is 274 Å². The van der Waals surface area contributed by atoms with Crippen LogP contribution in [0.1, 0.15) is 5.56 Å². The van der Waals surface area contributed by atoms with E-state index >= 15 is 0 Å². The van der Waals surface area contributed by atoms with Crippen LogP contribution >= 0.6 is 0 Å². The highest BCUT2D eigenvalue weighted by Crippen LogP contribution is 2.45. The molecule has 0 bridgehead atoms. The predicted octanol–water partition coefficient (Wildman–Crippen LogP) is 10.8. The molecule has 1 aromatic heterocycles. The first-order chi connectivity index (χ1) is 23.3. The lowest BCUT2D eigenvalue weighted by Gasteiger charge is -2.31. The van der Waals surface area contributed by atoms with Gasteiger partial charge in [-0.05, 0) is 69.8 Å².